The molecule has 1 aromatic rings. The van der Waals surface area contributed by atoms with E-state index in [0.717, 1.165) is 0 Å². The Morgan fingerprint density at radius 3 is 2.74 bits per heavy atom. The lowest BCUT2D eigenvalue weighted by Gasteiger charge is -2.21. The maximum absolute atomic E-state index is 12.4. The van der Waals surface area contributed by atoms with Crippen molar-refractivity contribution < 1.29 is 14.7 Å². The maximum Gasteiger partial charge on any atom is 0.327 e. The van der Waals surface area contributed by atoms with Crippen LogP contribution in [-0.4, -0.2) is 39.6 Å². The zero-order valence-corrected chi connectivity index (χ0v) is 13.9. The number of nitrogens with zero attached hydrogens (tertiary/aromatic N) is 1. The lowest BCUT2D eigenvalue weighted by atomic mass is 10.1. The summed E-state index contributed by atoms with van der Waals surface area (Å²) in [5, 5.41) is 9.84. The first-order valence-corrected chi connectivity index (χ1v) is 8.17. The average molecular weight is 432 g/mol. The largest absolute Gasteiger partial charge is 0.480 e. The smallest absolute Gasteiger partial charge is 0.327 e. The number of amides is 1. The SMILES string of the molecule is O=C(O)C1CSCN1C(=O)c1cc(Cl)cc(Cl)c1I. The fourth-order valence-corrected chi connectivity index (χ4v) is 3.89. The van der Waals surface area contributed by atoms with Crippen LogP contribution in [0.1, 0.15) is 10.4 Å². The molecule has 1 aliphatic rings. The van der Waals surface area contributed by atoms with Crippen LogP contribution in [0.15, 0.2) is 12.1 Å². The first-order valence-electron chi connectivity index (χ1n) is 5.18. The van der Waals surface area contributed by atoms with Gasteiger partial charge in [-0.3, -0.25) is 4.79 Å². The van der Waals surface area contributed by atoms with E-state index in [2.05, 4.69) is 0 Å². The van der Waals surface area contributed by atoms with Gasteiger partial charge in [-0.2, -0.15) is 0 Å². The predicted octanol–water partition coefficient (Wildman–Crippen LogP) is 3.20. The molecule has 1 saturated heterocycles. The fourth-order valence-electron chi connectivity index (χ4n) is 1.71. The topological polar surface area (TPSA) is 57.6 Å². The zero-order chi connectivity index (χ0) is 14.2. The summed E-state index contributed by atoms with van der Waals surface area (Å²) in [7, 11) is 0. The maximum atomic E-state index is 12.4. The number of aliphatic carboxylic acids is 1. The summed E-state index contributed by atoms with van der Waals surface area (Å²) >= 11 is 15.2. The van der Waals surface area contributed by atoms with E-state index in [0.29, 0.717) is 30.8 Å². The molecule has 0 aliphatic carbocycles. The predicted molar refractivity (Wildman–Crippen MR) is 84.1 cm³/mol. The zero-order valence-electron chi connectivity index (χ0n) is 9.40. The molecule has 1 atom stereocenters. The van der Waals surface area contributed by atoms with Gasteiger partial charge in [0.1, 0.15) is 6.04 Å². The van der Waals surface area contributed by atoms with E-state index < -0.39 is 12.0 Å². The average Bonchev–Trinajstić information content (AvgIpc) is 2.82. The molecule has 1 fully saturated rings. The van der Waals surface area contributed by atoms with Gasteiger partial charge in [0, 0.05) is 14.3 Å². The molecule has 102 valence electrons. The molecule has 0 radical (unpaired) electrons. The molecular formula is C11H8Cl2INO3S. The van der Waals surface area contributed by atoms with Crippen molar-refractivity contribution in [1.82, 2.24) is 4.90 Å². The number of rotatable bonds is 2. The molecule has 4 nitrogen and oxygen atoms in total. The summed E-state index contributed by atoms with van der Waals surface area (Å²) in [5.74, 6) is -0.602. The van der Waals surface area contributed by atoms with E-state index in [1.165, 1.54) is 22.7 Å². The number of carboxylic acid groups (broad SMARTS) is 1. The highest BCUT2D eigenvalue weighted by atomic mass is 127. The second kappa shape index (κ2) is 6.07. The Morgan fingerprint density at radius 1 is 1.42 bits per heavy atom. The molecule has 0 saturated carbocycles. The Morgan fingerprint density at radius 2 is 2.11 bits per heavy atom. The third-order valence-electron chi connectivity index (χ3n) is 2.65. The van der Waals surface area contributed by atoms with Crippen molar-refractivity contribution in [3.8, 4) is 0 Å². The highest BCUT2D eigenvalue weighted by Gasteiger charge is 2.35. The van der Waals surface area contributed by atoms with Crippen molar-refractivity contribution in [2.24, 2.45) is 0 Å². The first kappa shape index (κ1) is 15.2. The molecule has 1 aliphatic heterocycles. The Hall–Kier alpha value is -0.180. The number of thioether (sulfide) groups is 1. The van der Waals surface area contributed by atoms with Crippen LogP contribution in [0.5, 0.6) is 0 Å². The molecule has 1 aromatic carbocycles. The summed E-state index contributed by atoms with van der Waals surface area (Å²) in [4.78, 5) is 24.9. The Balaban J connectivity index is 2.37. The minimum atomic E-state index is -0.999. The van der Waals surface area contributed by atoms with Gasteiger partial charge < -0.3 is 10.0 Å². The molecule has 8 heteroatoms. The number of carbonyl (C=O) groups excluding carboxylic acids is 1. The van der Waals surface area contributed by atoms with Crippen molar-refractivity contribution in [1.29, 1.82) is 0 Å². The molecule has 1 N–H and O–H groups in total. The number of halogens is 3. The minimum absolute atomic E-state index is 0.340. The van der Waals surface area contributed by atoms with Crippen LogP contribution < -0.4 is 0 Å². The summed E-state index contributed by atoms with van der Waals surface area (Å²) in [6.07, 6.45) is 0. The monoisotopic (exact) mass is 431 g/mol. The van der Waals surface area contributed by atoms with Crippen LogP contribution in [0, 0.1) is 3.57 Å². The highest BCUT2D eigenvalue weighted by molar-refractivity contribution is 14.1. The second-order valence-corrected chi connectivity index (χ2v) is 6.80. The summed E-state index contributed by atoms with van der Waals surface area (Å²) in [5.41, 5.74) is 0.340. The number of carbonyl (C=O) groups is 2. The molecule has 1 heterocycles. The van der Waals surface area contributed by atoms with E-state index in [1.807, 2.05) is 22.6 Å². The van der Waals surface area contributed by atoms with Gasteiger partial charge in [-0.25, -0.2) is 4.79 Å². The number of carboxylic acids is 1. The minimum Gasteiger partial charge on any atom is -0.480 e. The van der Waals surface area contributed by atoms with Crippen LogP contribution in [0.25, 0.3) is 0 Å². The molecular weight excluding hydrogens is 424 g/mol. The molecule has 0 bridgehead atoms. The Labute approximate surface area is 137 Å². The summed E-state index contributed by atoms with van der Waals surface area (Å²) in [6, 6.07) is 2.26. The number of hydrogen-bond acceptors (Lipinski definition) is 3. The van der Waals surface area contributed by atoms with Crippen LogP contribution in [0.3, 0.4) is 0 Å². The molecule has 0 spiro atoms. The van der Waals surface area contributed by atoms with Gasteiger partial charge in [0.2, 0.25) is 0 Å². The van der Waals surface area contributed by atoms with Gasteiger partial charge in [-0.1, -0.05) is 23.2 Å². The summed E-state index contributed by atoms with van der Waals surface area (Å²) in [6.45, 7) is 0. The number of benzene rings is 1. The summed E-state index contributed by atoms with van der Waals surface area (Å²) < 4.78 is 0.578. The van der Waals surface area contributed by atoms with Gasteiger partial charge in [0.25, 0.3) is 5.91 Å². The van der Waals surface area contributed by atoms with Crippen molar-refractivity contribution in [3.05, 3.63) is 31.3 Å². The molecule has 1 unspecified atom stereocenters. The second-order valence-electron chi connectivity index (χ2n) is 3.88. The van der Waals surface area contributed by atoms with Crippen LogP contribution in [0.4, 0.5) is 0 Å². The highest BCUT2D eigenvalue weighted by Crippen LogP contribution is 2.30. The Kier molecular flexibility index (Phi) is 4.86. The lowest BCUT2D eigenvalue weighted by molar-refractivity contribution is -0.140. The quantitative estimate of drug-likeness (QED) is 0.577. The van der Waals surface area contributed by atoms with E-state index in [4.69, 9.17) is 28.3 Å². The van der Waals surface area contributed by atoms with Gasteiger partial charge in [0.15, 0.2) is 0 Å². The number of hydrogen-bond donors (Lipinski definition) is 1. The van der Waals surface area contributed by atoms with Gasteiger partial charge in [-0.15, -0.1) is 11.8 Å². The normalized spacial score (nSPS) is 18.7. The van der Waals surface area contributed by atoms with Gasteiger partial charge in [-0.05, 0) is 34.7 Å². The standard InChI is InChI=1S/C11H8Cl2INO3S/c12-5-1-6(9(14)7(13)2-5)10(16)15-4-19-3-8(15)11(17)18/h1-2,8H,3-4H2,(H,17,18). The van der Waals surface area contributed by atoms with Crippen LogP contribution in [-0.2, 0) is 4.79 Å². The fraction of sp³-hybridized carbons (Fsp3) is 0.273. The third kappa shape index (κ3) is 3.12. The molecule has 19 heavy (non-hydrogen) atoms. The first-order chi connectivity index (χ1) is 8.91. The Bertz CT molecular complexity index is 555. The van der Waals surface area contributed by atoms with E-state index in [1.54, 1.807) is 6.07 Å². The van der Waals surface area contributed by atoms with E-state index in [9.17, 15) is 9.59 Å². The van der Waals surface area contributed by atoms with Gasteiger partial charge >= 0.3 is 5.97 Å². The third-order valence-corrected chi connectivity index (χ3v) is 5.66. The van der Waals surface area contributed by atoms with E-state index >= 15 is 0 Å². The van der Waals surface area contributed by atoms with Crippen molar-refractivity contribution in [2.45, 2.75) is 6.04 Å². The van der Waals surface area contributed by atoms with Crippen LogP contribution >= 0.6 is 57.6 Å². The molecule has 2 rings (SSSR count). The molecule has 1 amide bonds. The van der Waals surface area contributed by atoms with Crippen molar-refractivity contribution in [2.75, 3.05) is 11.6 Å². The van der Waals surface area contributed by atoms with Gasteiger partial charge in [0.05, 0.1) is 16.5 Å². The van der Waals surface area contributed by atoms with E-state index in [-0.39, 0.29) is 5.91 Å². The molecule has 0 aromatic heterocycles. The van der Waals surface area contributed by atoms with Crippen molar-refractivity contribution >= 4 is 69.4 Å². The van der Waals surface area contributed by atoms with Crippen LogP contribution in [0.2, 0.25) is 10.0 Å². The van der Waals surface area contributed by atoms with Crippen molar-refractivity contribution in [3.63, 3.8) is 0 Å². The lowest BCUT2D eigenvalue weighted by Crippen LogP contribution is -2.42.